The minimum absolute atomic E-state index is 0.556. The molecule has 0 unspecified atom stereocenters. The number of aromatic nitrogens is 1. The maximum Gasteiger partial charge on any atom is 0.0483 e. The molecule has 0 spiro atoms. The lowest BCUT2D eigenvalue weighted by atomic mass is 10.0. The fourth-order valence-corrected chi connectivity index (χ4v) is 2.59. The van der Waals surface area contributed by atoms with Crippen LogP contribution in [0.4, 0.5) is 0 Å². The minimum atomic E-state index is 0.556. The summed E-state index contributed by atoms with van der Waals surface area (Å²) in [4.78, 5) is 0. The molecule has 0 saturated carbocycles. The number of rotatable bonds is 3. The van der Waals surface area contributed by atoms with Crippen LogP contribution in [0, 0.1) is 0 Å². The van der Waals surface area contributed by atoms with Gasteiger partial charge in [0, 0.05) is 30.2 Å². The van der Waals surface area contributed by atoms with E-state index in [0.29, 0.717) is 5.92 Å². The Morgan fingerprint density at radius 2 is 1.94 bits per heavy atom. The van der Waals surface area contributed by atoms with E-state index in [1.54, 1.807) is 0 Å². The Hall–Kier alpha value is -1.28. The van der Waals surface area contributed by atoms with Crippen molar-refractivity contribution in [2.24, 2.45) is 7.05 Å². The third-order valence-electron chi connectivity index (χ3n) is 3.16. The van der Waals surface area contributed by atoms with Gasteiger partial charge in [0.25, 0.3) is 0 Å². The molecular formula is C14H20N2. The highest BCUT2D eigenvalue weighted by atomic mass is 15.0. The molecule has 2 nitrogen and oxygen atoms in total. The SMILES string of the molecule is CNCc1c(C(C)C)n(C)c2ccccc12. The van der Waals surface area contributed by atoms with Crippen LogP contribution in [0.1, 0.15) is 31.0 Å². The van der Waals surface area contributed by atoms with Crippen LogP contribution in [-0.2, 0) is 13.6 Å². The number of fused-ring (bicyclic) bond motifs is 1. The van der Waals surface area contributed by atoms with Crippen molar-refractivity contribution >= 4 is 10.9 Å². The van der Waals surface area contributed by atoms with Gasteiger partial charge in [-0.1, -0.05) is 32.0 Å². The molecule has 0 atom stereocenters. The van der Waals surface area contributed by atoms with Gasteiger partial charge in [-0.3, -0.25) is 0 Å². The number of nitrogens with one attached hydrogen (secondary N) is 1. The summed E-state index contributed by atoms with van der Waals surface area (Å²) in [5.74, 6) is 0.556. The second-order valence-corrected chi connectivity index (χ2v) is 4.62. The molecular weight excluding hydrogens is 196 g/mol. The molecule has 0 radical (unpaired) electrons. The average molecular weight is 216 g/mol. The van der Waals surface area contributed by atoms with E-state index in [-0.39, 0.29) is 0 Å². The lowest BCUT2D eigenvalue weighted by Gasteiger charge is -2.11. The Bertz CT molecular complexity index is 495. The van der Waals surface area contributed by atoms with E-state index in [1.165, 1.54) is 22.2 Å². The molecule has 0 saturated heterocycles. The number of nitrogens with zero attached hydrogens (tertiary/aromatic N) is 1. The van der Waals surface area contributed by atoms with Crippen LogP contribution in [0.15, 0.2) is 24.3 Å². The maximum absolute atomic E-state index is 3.27. The predicted octanol–water partition coefficient (Wildman–Crippen LogP) is 3.02. The van der Waals surface area contributed by atoms with E-state index >= 15 is 0 Å². The Morgan fingerprint density at radius 3 is 2.56 bits per heavy atom. The van der Waals surface area contributed by atoms with Gasteiger partial charge in [-0.05, 0) is 24.6 Å². The minimum Gasteiger partial charge on any atom is -0.347 e. The van der Waals surface area contributed by atoms with Crippen molar-refractivity contribution in [1.82, 2.24) is 9.88 Å². The van der Waals surface area contributed by atoms with Crippen LogP contribution < -0.4 is 5.32 Å². The molecule has 2 heteroatoms. The molecule has 0 aliphatic carbocycles. The zero-order chi connectivity index (χ0) is 11.7. The van der Waals surface area contributed by atoms with Gasteiger partial charge in [0.15, 0.2) is 0 Å². The van der Waals surface area contributed by atoms with Crippen molar-refractivity contribution < 1.29 is 0 Å². The summed E-state index contributed by atoms with van der Waals surface area (Å²) >= 11 is 0. The number of aryl methyl sites for hydroxylation is 1. The van der Waals surface area contributed by atoms with E-state index in [4.69, 9.17) is 0 Å². The molecule has 1 heterocycles. The smallest absolute Gasteiger partial charge is 0.0483 e. The molecule has 0 aliphatic heterocycles. The molecule has 16 heavy (non-hydrogen) atoms. The number of benzene rings is 1. The molecule has 0 amide bonds. The summed E-state index contributed by atoms with van der Waals surface area (Å²) in [6, 6.07) is 8.63. The van der Waals surface area contributed by atoms with Gasteiger partial charge in [0.1, 0.15) is 0 Å². The van der Waals surface area contributed by atoms with Gasteiger partial charge in [-0.2, -0.15) is 0 Å². The highest BCUT2D eigenvalue weighted by molar-refractivity contribution is 5.85. The molecule has 0 aliphatic rings. The predicted molar refractivity (Wildman–Crippen MR) is 69.8 cm³/mol. The molecule has 0 fully saturated rings. The van der Waals surface area contributed by atoms with Crippen LogP contribution in [-0.4, -0.2) is 11.6 Å². The second kappa shape index (κ2) is 4.30. The number of hydrogen-bond donors (Lipinski definition) is 1. The topological polar surface area (TPSA) is 17.0 Å². The van der Waals surface area contributed by atoms with Crippen LogP contribution in [0.3, 0.4) is 0 Å². The van der Waals surface area contributed by atoms with Gasteiger partial charge < -0.3 is 9.88 Å². The van der Waals surface area contributed by atoms with Gasteiger partial charge in [0.05, 0.1) is 0 Å². The molecule has 1 N–H and O–H groups in total. The van der Waals surface area contributed by atoms with E-state index in [2.05, 4.69) is 55.0 Å². The molecule has 2 aromatic rings. The van der Waals surface area contributed by atoms with Crippen LogP contribution >= 0.6 is 0 Å². The normalized spacial score (nSPS) is 11.6. The molecule has 1 aromatic carbocycles. The van der Waals surface area contributed by atoms with Crippen molar-refractivity contribution in [2.75, 3.05) is 7.05 Å². The largest absolute Gasteiger partial charge is 0.347 e. The first-order chi connectivity index (χ1) is 7.66. The van der Waals surface area contributed by atoms with Gasteiger partial charge >= 0.3 is 0 Å². The Labute approximate surface area is 97.3 Å². The third kappa shape index (κ3) is 1.63. The van der Waals surface area contributed by atoms with Gasteiger partial charge in [-0.15, -0.1) is 0 Å². The number of para-hydroxylation sites is 1. The first-order valence-electron chi connectivity index (χ1n) is 5.87. The number of hydrogen-bond acceptors (Lipinski definition) is 1. The Morgan fingerprint density at radius 1 is 1.25 bits per heavy atom. The van der Waals surface area contributed by atoms with E-state index in [0.717, 1.165) is 6.54 Å². The first kappa shape index (κ1) is 11.2. The molecule has 0 bridgehead atoms. The highest BCUT2D eigenvalue weighted by Gasteiger charge is 2.15. The van der Waals surface area contributed by atoms with Crippen molar-refractivity contribution in [2.45, 2.75) is 26.3 Å². The Kier molecular flexibility index (Phi) is 3.01. The van der Waals surface area contributed by atoms with Crippen LogP contribution in [0.2, 0.25) is 0 Å². The fraction of sp³-hybridized carbons (Fsp3) is 0.429. The van der Waals surface area contributed by atoms with E-state index < -0.39 is 0 Å². The Balaban J connectivity index is 2.75. The van der Waals surface area contributed by atoms with Gasteiger partial charge in [-0.25, -0.2) is 0 Å². The summed E-state index contributed by atoms with van der Waals surface area (Å²) in [6.07, 6.45) is 0. The lowest BCUT2D eigenvalue weighted by Crippen LogP contribution is -2.09. The quantitative estimate of drug-likeness (QED) is 0.834. The lowest BCUT2D eigenvalue weighted by molar-refractivity contribution is 0.719. The summed E-state index contributed by atoms with van der Waals surface area (Å²) in [5, 5.41) is 4.65. The zero-order valence-electron chi connectivity index (χ0n) is 10.5. The van der Waals surface area contributed by atoms with Crippen LogP contribution in [0.25, 0.3) is 10.9 Å². The summed E-state index contributed by atoms with van der Waals surface area (Å²) in [5.41, 5.74) is 4.21. The second-order valence-electron chi connectivity index (χ2n) is 4.62. The maximum atomic E-state index is 3.27. The molecule has 1 aromatic heterocycles. The zero-order valence-corrected chi connectivity index (χ0v) is 10.5. The molecule has 2 rings (SSSR count). The fourth-order valence-electron chi connectivity index (χ4n) is 2.59. The average Bonchev–Trinajstić information content (AvgIpc) is 2.54. The highest BCUT2D eigenvalue weighted by Crippen LogP contribution is 2.29. The van der Waals surface area contributed by atoms with Crippen molar-refractivity contribution in [3.63, 3.8) is 0 Å². The standard InChI is InChI=1S/C14H20N2/c1-10(2)14-12(9-15-3)11-7-5-6-8-13(11)16(14)4/h5-8,10,15H,9H2,1-4H3. The van der Waals surface area contributed by atoms with Crippen molar-refractivity contribution in [3.8, 4) is 0 Å². The summed E-state index contributed by atoms with van der Waals surface area (Å²) in [7, 11) is 4.17. The molecule has 86 valence electrons. The monoisotopic (exact) mass is 216 g/mol. The van der Waals surface area contributed by atoms with Crippen molar-refractivity contribution in [3.05, 3.63) is 35.5 Å². The van der Waals surface area contributed by atoms with E-state index in [9.17, 15) is 0 Å². The summed E-state index contributed by atoms with van der Waals surface area (Å²) < 4.78 is 2.33. The first-order valence-corrected chi connectivity index (χ1v) is 5.87. The van der Waals surface area contributed by atoms with Gasteiger partial charge in [0.2, 0.25) is 0 Å². The van der Waals surface area contributed by atoms with Crippen molar-refractivity contribution in [1.29, 1.82) is 0 Å². The third-order valence-corrected chi connectivity index (χ3v) is 3.16. The summed E-state index contributed by atoms with van der Waals surface area (Å²) in [6.45, 7) is 5.45. The van der Waals surface area contributed by atoms with Crippen LogP contribution in [0.5, 0.6) is 0 Å². The van der Waals surface area contributed by atoms with E-state index in [1.807, 2.05) is 7.05 Å².